The van der Waals surface area contributed by atoms with E-state index in [0.717, 1.165) is 0 Å². The highest BCUT2D eigenvalue weighted by Gasteiger charge is 2.07. The second-order valence-electron chi connectivity index (χ2n) is 4.53. The molecule has 0 bridgehead atoms. The summed E-state index contributed by atoms with van der Waals surface area (Å²) >= 11 is 1.46. The van der Waals surface area contributed by atoms with Crippen molar-refractivity contribution in [2.75, 3.05) is 6.54 Å². The largest absolute Gasteiger partial charge is 0.463 e. The number of aromatic nitrogens is 2. The highest BCUT2D eigenvalue weighted by atomic mass is 32.1. The third kappa shape index (κ3) is 3.15. The molecule has 7 heteroatoms. The van der Waals surface area contributed by atoms with Crippen LogP contribution < -0.4 is 10.9 Å². The van der Waals surface area contributed by atoms with Crippen LogP contribution in [-0.4, -0.2) is 22.2 Å². The molecule has 0 aliphatic rings. The smallest absolute Gasteiger partial charge is 0.266 e. The number of furan rings is 1. The van der Waals surface area contributed by atoms with Crippen LogP contribution in [0, 0.1) is 0 Å². The van der Waals surface area contributed by atoms with E-state index in [2.05, 4.69) is 10.4 Å². The zero-order chi connectivity index (χ0) is 15.4. The maximum Gasteiger partial charge on any atom is 0.266 e. The molecule has 0 saturated heterocycles. The summed E-state index contributed by atoms with van der Waals surface area (Å²) in [5, 5.41) is 10.6. The highest BCUT2D eigenvalue weighted by molar-refractivity contribution is 7.08. The van der Waals surface area contributed by atoms with Gasteiger partial charge >= 0.3 is 0 Å². The first-order valence-electron chi connectivity index (χ1n) is 6.66. The van der Waals surface area contributed by atoms with Crippen LogP contribution >= 0.6 is 11.3 Å². The van der Waals surface area contributed by atoms with E-state index in [1.54, 1.807) is 35.9 Å². The molecular formula is C15H13N3O3S. The number of hydrogen-bond acceptors (Lipinski definition) is 5. The van der Waals surface area contributed by atoms with Crippen LogP contribution in [0.1, 0.15) is 10.4 Å². The van der Waals surface area contributed by atoms with E-state index in [1.165, 1.54) is 22.1 Å². The molecule has 1 N–H and O–H groups in total. The van der Waals surface area contributed by atoms with Gasteiger partial charge in [-0.1, -0.05) is 0 Å². The molecule has 0 saturated carbocycles. The van der Waals surface area contributed by atoms with Crippen LogP contribution in [0.2, 0.25) is 0 Å². The minimum atomic E-state index is -0.222. The molecule has 0 radical (unpaired) electrons. The van der Waals surface area contributed by atoms with Crippen molar-refractivity contribution in [1.82, 2.24) is 15.1 Å². The number of nitrogens with one attached hydrogen (secondary N) is 1. The van der Waals surface area contributed by atoms with Crippen molar-refractivity contribution < 1.29 is 9.21 Å². The van der Waals surface area contributed by atoms with Gasteiger partial charge in [-0.05, 0) is 29.6 Å². The molecule has 0 spiro atoms. The van der Waals surface area contributed by atoms with Crippen LogP contribution in [0.15, 0.2) is 56.6 Å². The fourth-order valence-corrected chi connectivity index (χ4v) is 2.57. The van der Waals surface area contributed by atoms with Gasteiger partial charge in [-0.15, -0.1) is 0 Å². The summed E-state index contributed by atoms with van der Waals surface area (Å²) < 4.78 is 6.57. The number of nitrogens with zero attached hydrogens (tertiary/aromatic N) is 2. The van der Waals surface area contributed by atoms with Crippen molar-refractivity contribution in [2.45, 2.75) is 6.54 Å². The topological polar surface area (TPSA) is 77.1 Å². The predicted molar refractivity (Wildman–Crippen MR) is 82.9 cm³/mol. The maximum atomic E-state index is 11.8. The number of hydrogen-bond donors (Lipinski definition) is 1. The Bertz CT molecular complexity index is 807. The third-order valence-corrected chi connectivity index (χ3v) is 3.72. The first-order valence-corrected chi connectivity index (χ1v) is 7.61. The number of amides is 1. The van der Waals surface area contributed by atoms with Crippen molar-refractivity contribution >= 4 is 17.2 Å². The van der Waals surface area contributed by atoms with E-state index in [9.17, 15) is 9.59 Å². The molecule has 3 heterocycles. The van der Waals surface area contributed by atoms with Gasteiger partial charge in [0.25, 0.3) is 11.5 Å². The monoisotopic (exact) mass is 315 g/mol. The average molecular weight is 315 g/mol. The van der Waals surface area contributed by atoms with Gasteiger partial charge < -0.3 is 9.73 Å². The molecule has 0 fully saturated rings. The van der Waals surface area contributed by atoms with Gasteiger partial charge in [0.05, 0.1) is 12.8 Å². The molecule has 0 aliphatic heterocycles. The van der Waals surface area contributed by atoms with Crippen molar-refractivity contribution in [1.29, 1.82) is 0 Å². The van der Waals surface area contributed by atoms with E-state index in [1.807, 2.05) is 5.38 Å². The van der Waals surface area contributed by atoms with Crippen molar-refractivity contribution in [2.24, 2.45) is 0 Å². The molecule has 0 atom stereocenters. The van der Waals surface area contributed by atoms with Crippen molar-refractivity contribution in [3.8, 4) is 11.5 Å². The van der Waals surface area contributed by atoms with Gasteiger partial charge in [-0.25, -0.2) is 4.68 Å². The molecule has 3 aromatic heterocycles. The summed E-state index contributed by atoms with van der Waals surface area (Å²) in [6.45, 7) is 0.618. The number of carbonyl (C=O) groups is 1. The fraction of sp³-hybridized carbons (Fsp3) is 0.133. The van der Waals surface area contributed by atoms with Gasteiger partial charge in [0.2, 0.25) is 0 Å². The lowest BCUT2D eigenvalue weighted by atomic mass is 10.3. The Morgan fingerprint density at radius 3 is 2.95 bits per heavy atom. The van der Waals surface area contributed by atoms with Crippen LogP contribution in [0.5, 0.6) is 0 Å². The first-order chi connectivity index (χ1) is 10.7. The predicted octanol–water partition coefficient (Wildman–Crippen LogP) is 1.99. The first kappa shape index (κ1) is 14.3. The molecule has 6 nitrogen and oxygen atoms in total. The van der Waals surface area contributed by atoms with Crippen LogP contribution in [0.25, 0.3) is 11.5 Å². The molecule has 1 amide bonds. The molecule has 0 unspecified atom stereocenters. The summed E-state index contributed by atoms with van der Waals surface area (Å²) in [5.74, 6) is 0.438. The normalized spacial score (nSPS) is 10.5. The van der Waals surface area contributed by atoms with E-state index in [0.29, 0.717) is 30.1 Å². The van der Waals surface area contributed by atoms with Gasteiger partial charge in [-0.3, -0.25) is 9.59 Å². The Labute approximate surface area is 130 Å². The Morgan fingerprint density at radius 1 is 1.32 bits per heavy atom. The Morgan fingerprint density at radius 2 is 2.23 bits per heavy atom. The highest BCUT2D eigenvalue weighted by Crippen LogP contribution is 2.14. The summed E-state index contributed by atoms with van der Waals surface area (Å²) in [6.07, 6.45) is 1.55. The molecule has 22 heavy (non-hydrogen) atoms. The number of carbonyl (C=O) groups excluding carboxylic acids is 1. The number of thiophene rings is 1. The van der Waals surface area contributed by atoms with E-state index in [-0.39, 0.29) is 11.5 Å². The zero-order valence-corrected chi connectivity index (χ0v) is 12.4. The number of rotatable bonds is 5. The quantitative estimate of drug-likeness (QED) is 0.781. The lowest BCUT2D eigenvalue weighted by Gasteiger charge is -2.07. The fourth-order valence-electron chi connectivity index (χ4n) is 1.94. The minimum Gasteiger partial charge on any atom is -0.463 e. The van der Waals surface area contributed by atoms with Gasteiger partial charge in [0, 0.05) is 23.6 Å². The summed E-state index contributed by atoms with van der Waals surface area (Å²) in [7, 11) is 0. The molecule has 112 valence electrons. The molecule has 0 aromatic carbocycles. The summed E-state index contributed by atoms with van der Waals surface area (Å²) in [6, 6.07) is 8.33. The summed E-state index contributed by atoms with van der Waals surface area (Å²) in [4.78, 5) is 23.6. The Hall–Kier alpha value is -2.67. The van der Waals surface area contributed by atoms with Crippen molar-refractivity contribution in [3.05, 3.63) is 63.3 Å². The molecular weight excluding hydrogens is 302 g/mol. The SMILES string of the molecule is O=C(NCCn1nc(-c2ccco2)ccc1=O)c1ccsc1. The molecule has 0 aliphatic carbocycles. The zero-order valence-electron chi connectivity index (χ0n) is 11.6. The van der Waals surface area contributed by atoms with Crippen LogP contribution in [0.4, 0.5) is 0 Å². The third-order valence-electron chi connectivity index (χ3n) is 3.03. The van der Waals surface area contributed by atoms with E-state index < -0.39 is 0 Å². The van der Waals surface area contributed by atoms with Gasteiger partial charge in [0.1, 0.15) is 5.69 Å². The second kappa shape index (κ2) is 6.40. The van der Waals surface area contributed by atoms with Gasteiger partial charge in [0.15, 0.2) is 5.76 Å². The van der Waals surface area contributed by atoms with Gasteiger partial charge in [-0.2, -0.15) is 16.4 Å². The lowest BCUT2D eigenvalue weighted by Crippen LogP contribution is -2.31. The molecule has 3 aromatic rings. The second-order valence-corrected chi connectivity index (χ2v) is 5.31. The van der Waals surface area contributed by atoms with E-state index >= 15 is 0 Å². The lowest BCUT2D eigenvalue weighted by molar-refractivity contribution is 0.0952. The van der Waals surface area contributed by atoms with E-state index in [4.69, 9.17) is 4.42 Å². The molecule has 3 rings (SSSR count). The standard InChI is InChI=1S/C15H13N3O3S/c19-14-4-3-12(13-2-1-8-21-13)17-18(14)7-6-16-15(20)11-5-9-22-10-11/h1-5,8-10H,6-7H2,(H,16,20). The Kier molecular flexibility index (Phi) is 4.15. The van der Waals surface area contributed by atoms with Crippen molar-refractivity contribution in [3.63, 3.8) is 0 Å². The maximum absolute atomic E-state index is 11.8. The van der Waals surface area contributed by atoms with Crippen LogP contribution in [-0.2, 0) is 6.54 Å². The average Bonchev–Trinajstić information content (AvgIpc) is 3.22. The Balaban J connectivity index is 1.66. The van der Waals surface area contributed by atoms with Crippen LogP contribution in [0.3, 0.4) is 0 Å². The summed E-state index contributed by atoms with van der Waals surface area (Å²) in [5.41, 5.74) is 0.975. The minimum absolute atomic E-state index is 0.156.